The highest BCUT2D eigenvalue weighted by Crippen LogP contribution is 2.16. The molecule has 8 nitrogen and oxygen atoms in total. The third kappa shape index (κ3) is 6.07. The van der Waals surface area contributed by atoms with E-state index in [0.717, 1.165) is 5.39 Å². The van der Waals surface area contributed by atoms with E-state index in [1.807, 2.05) is 50.2 Å². The number of piperidine rings is 1. The highest BCUT2D eigenvalue weighted by Gasteiger charge is 2.33. The van der Waals surface area contributed by atoms with E-state index in [1.54, 1.807) is 35.2 Å². The minimum Gasteiger partial charge on any atom is -0.389 e. The van der Waals surface area contributed by atoms with Crippen molar-refractivity contribution >= 4 is 28.6 Å². The maximum atomic E-state index is 13.2. The normalized spacial score (nSPS) is 18.6. The summed E-state index contributed by atoms with van der Waals surface area (Å²) in [7, 11) is 0. The number of rotatable bonds is 7. The molecule has 0 radical (unpaired) electrons. The standard InChI is InChI=1S/C28H32N4O4/c1-18(2)16-24(31-26(34)23-13-12-19-8-6-7-11-21(19)29-23)27(35)30-22-14-15-32(17-25(22)33)28(36)20-9-4-3-5-10-20/h3-13,18,22,24-25,33H,14-17H2,1-2H3,(H,30,35)(H,31,34)/t22?,24-,25?/m0/s1. The lowest BCUT2D eigenvalue weighted by Gasteiger charge is -2.37. The Bertz CT molecular complexity index is 1230. The molecule has 1 aliphatic rings. The maximum absolute atomic E-state index is 13.2. The Hall–Kier alpha value is -3.78. The Balaban J connectivity index is 1.39. The molecule has 3 atom stereocenters. The summed E-state index contributed by atoms with van der Waals surface area (Å²) in [6.07, 6.45) is -0.0555. The number of likely N-dealkylation sites (tertiary alicyclic amines) is 1. The van der Waals surface area contributed by atoms with E-state index in [9.17, 15) is 19.5 Å². The summed E-state index contributed by atoms with van der Waals surface area (Å²) in [5, 5.41) is 17.3. The number of aliphatic hydroxyl groups is 1. The predicted octanol–water partition coefficient (Wildman–Crippen LogP) is 2.77. The van der Waals surface area contributed by atoms with E-state index in [2.05, 4.69) is 15.6 Å². The number of fused-ring (bicyclic) bond motifs is 1. The van der Waals surface area contributed by atoms with Crippen LogP contribution >= 0.6 is 0 Å². The second kappa shape index (κ2) is 11.3. The van der Waals surface area contributed by atoms with E-state index in [4.69, 9.17) is 0 Å². The Morgan fingerprint density at radius 2 is 1.75 bits per heavy atom. The van der Waals surface area contributed by atoms with Crippen LogP contribution in [-0.2, 0) is 4.79 Å². The molecule has 0 spiro atoms. The van der Waals surface area contributed by atoms with Crippen LogP contribution in [0, 0.1) is 5.92 Å². The predicted molar refractivity (Wildman–Crippen MR) is 137 cm³/mol. The first kappa shape index (κ1) is 25.3. The first-order valence-corrected chi connectivity index (χ1v) is 12.3. The van der Waals surface area contributed by atoms with Crippen LogP contribution in [0.25, 0.3) is 10.9 Å². The lowest BCUT2D eigenvalue weighted by Crippen LogP contribution is -2.58. The zero-order valence-electron chi connectivity index (χ0n) is 20.6. The van der Waals surface area contributed by atoms with Crippen molar-refractivity contribution in [1.29, 1.82) is 0 Å². The van der Waals surface area contributed by atoms with Gasteiger partial charge in [-0.05, 0) is 43.0 Å². The highest BCUT2D eigenvalue weighted by molar-refractivity contribution is 5.98. The van der Waals surface area contributed by atoms with Gasteiger partial charge in [-0.25, -0.2) is 4.98 Å². The Morgan fingerprint density at radius 3 is 2.47 bits per heavy atom. The van der Waals surface area contributed by atoms with Gasteiger partial charge in [0, 0.05) is 24.0 Å². The summed E-state index contributed by atoms with van der Waals surface area (Å²) < 4.78 is 0. The van der Waals surface area contributed by atoms with Crippen molar-refractivity contribution in [1.82, 2.24) is 20.5 Å². The average Bonchev–Trinajstić information content (AvgIpc) is 2.88. The van der Waals surface area contributed by atoms with E-state index in [0.29, 0.717) is 30.5 Å². The topological polar surface area (TPSA) is 112 Å². The smallest absolute Gasteiger partial charge is 0.270 e. The fraction of sp³-hybridized carbons (Fsp3) is 0.357. The Morgan fingerprint density at radius 1 is 1.03 bits per heavy atom. The number of pyridine rings is 1. The molecule has 0 aliphatic carbocycles. The van der Waals surface area contributed by atoms with Crippen LogP contribution in [0.15, 0.2) is 66.7 Å². The van der Waals surface area contributed by atoms with Gasteiger partial charge in [-0.1, -0.05) is 56.3 Å². The van der Waals surface area contributed by atoms with Crippen LogP contribution in [0.4, 0.5) is 0 Å². The number of carbonyl (C=O) groups excluding carboxylic acids is 3. The molecule has 3 aromatic rings. The minimum absolute atomic E-state index is 0.126. The quantitative estimate of drug-likeness (QED) is 0.474. The van der Waals surface area contributed by atoms with E-state index in [1.165, 1.54) is 0 Å². The summed E-state index contributed by atoms with van der Waals surface area (Å²) in [5.41, 5.74) is 1.51. The summed E-state index contributed by atoms with van der Waals surface area (Å²) >= 11 is 0. The van der Waals surface area contributed by atoms with Gasteiger partial charge >= 0.3 is 0 Å². The molecule has 188 valence electrons. The molecule has 0 bridgehead atoms. The lowest BCUT2D eigenvalue weighted by atomic mass is 9.98. The van der Waals surface area contributed by atoms with E-state index < -0.39 is 24.1 Å². The second-order valence-corrected chi connectivity index (χ2v) is 9.63. The molecular weight excluding hydrogens is 456 g/mol. The number of nitrogens with one attached hydrogen (secondary N) is 2. The van der Waals surface area contributed by atoms with Crippen molar-refractivity contribution in [3.8, 4) is 0 Å². The molecule has 2 unspecified atom stereocenters. The van der Waals surface area contributed by atoms with Crippen LogP contribution in [0.2, 0.25) is 0 Å². The number of hydrogen-bond acceptors (Lipinski definition) is 5. The molecule has 1 aromatic heterocycles. The number of aliphatic hydroxyl groups excluding tert-OH is 1. The third-order valence-electron chi connectivity index (χ3n) is 6.38. The summed E-state index contributed by atoms with van der Waals surface area (Å²) in [5.74, 6) is -0.775. The molecule has 0 saturated carbocycles. The van der Waals surface area contributed by atoms with Gasteiger partial charge in [-0.3, -0.25) is 14.4 Å². The number of carbonyl (C=O) groups is 3. The fourth-order valence-electron chi connectivity index (χ4n) is 4.46. The minimum atomic E-state index is -0.909. The van der Waals surface area contributed by atoms with Crippen molar-refractivity contribution in [2.45, 2.75) is 44.9 Å². The van der Waals surface area contributed by atoms with Crippen molar-refractivity contribution < 1.29 is 19.5 Å². The van der Waals surface area contributed by atoms with Gasteiger partial charge in [0.15, 0.2) is 0 Å². The average molecular weight is 489 g/mol. The third-order valence-corrected chi connectivity index (χ3v) is 6.38. The second-order valence-electron chi connectivity index (χ2n) is 9.63. The number of hydrogen-bond donors (Lipinski definition) is 3. The molecule has 8 heteroatoms. The van der Waals surface area contributed by atoms with Crippen LogP contribution in [0.1, 0.15) is 47.5 Å². The number of para-hydroxylation sites is 1. The zero-order valence-corrected chi connectivity index (χ0v) is 20.6. The van der Waals surface area contributed by atoms with Gasteiger partial charge in [0.25, 0.3) is 11.8 Å². The number of β-amino-alcohol motifs (C(OH)–C–C–N with tert-alkyl or cyclic N) is 1. The molecule has 36 heavy (non-hydrogen) atoms. The van der Waals surface area contributed by atoms with Gasteiger partial charge in [-0.2, -0.15) is 0 Å². The van der Waals surface area contributed by atoms with E-state index in [-0.39, 0.29) is 30.0 Å². The Labute approximate surface area is 210 Å². The van der Waals surface area contributed by atoms with Crippen LogP contribution in [-0.4, -0.2) is 64.0 Å². The highest BCUT2D eigenvalue weighted by atomic mass is 16.3. The Kier molecular flexibility index (Phi) is 7.95. The van der Waals surface area contributed by atoms with Crippen molar-refractivity contribution in [2.24, 2.45) is 5.92 Å². The van der Waals surface area contributed by atoms with Crippen molar-refractivity contribution in [3.63, 3.8) is 0 Å². The maximum Gasteiger partial charge on any atom is 0.270 e. The van der Waals surface area contributed by atoms with Gasteiger partial charge in [0.1, 0.15) is 11.7 Å². The first-order valence-electron chi connectivity index (χ1n) is 12.3. The SMILES string of the molecule is CC(C)C[C@H](NC(=O)c1ccc2ccccc2n1)C(=O)NC1CCN(C(=O)c2ccccc2)CC1O. The van der Waals surface area contributed by atoms with Crippen molar-refractivity contribution in [2.75, 3.05) is 13.1 Å². The monoisotopic (exact) mass is 488 g/mol. The van der Waals surface area contributed by atoms with Gasteiger partial charge in [0.2, 0.25) is 5.91 Å². The van der Waals surface area contributed by atoms with Crippen LogP contribution in [0.3, 0.4) is 0 Å². The van der Waals surface area contributed by atoms with Crippen molar-refractivity contribution in [3.05, 3.63) is 78.0 Å². The molecule has 3 N–H and O–H groups in total. The number of nitrogens with zero attached hydrogens (tertiary/aromatic N) is 2. The number of aromatic nitrogens is 1. The molecule has 1 saturated heterocycles. The van der Waals surface area contributed by atoms with Gasteiger partial charge < -0.3 is 20.6 Å². The largest absolute Gasteiger partial charge is 0.389 e. The molecule has 1 aliphatic heterocycles. The van der Waals surface area contributed by atoms with E-state index >= 15 is 0 Å². The molecule has 1 fully saturated rings. The summed E-state index contributed by atoms with van der Waals surface area (Å²) in [6, 6.07) is 18.6. The molecule has 4 rings (SSSR count). The number of benzene rings is 2. The van der Waals surface area contributed by atoms with Gasteiger partial charge in [-0.15, -0.1) is 0 Å². The molecule has 2 heterocycles. The van der Waals surface area contributed by atoms with Crippen LogP contribution in [0.5, 0.6) is 0 Å². The summed E-state index contributed by atoms with van der Waals surface area (Å²) in [6.45, 7) is 4.49. The molecule has 2 aromatic carbocycles. The summed E-state index contributed by atoms with van der Waals surface area (Å²) in [4.78, 5) is 44.9. The van der Waals surface area contributed by atoms with Crippen LogP contribution < -0.4 is 10.6 Å². The lowest BCUT2D eigenvalue weighted by molar-refractivity contribution is -0.125. The van der Waals surface area contributed by atoms with Gasteiger partial charge in [0.05, 0.1) is 17.7 Å². The number of amides is 3. The molecular formula is C28H32N4O4. The zero-order chi connectivity index (χ0) is 25.7. The first-order chi connectivity index (χ1) is 17.3. The molecule has 3 amide bonds. The fourth-order valence-corrected chi connectivity index (χ4v) is 4.46.